The maximum absolute atomic E-state index is 8.46. The van der Waals surface area contributed by atoms with Gasteiger partial charge in [0.1, 0.15) is 0 Å². The summed E-state index contributed by atoms with van der Waals surface area (Å²) < 4.78 is 41.2. The minimum Gasteiger partial charge on any atom is -0.208 e. The lowest BCUT2D eigenvalue weighted by Gasteiger charge is -2.13. The average Bonchev–Trinajstić information content (AvgIpc) is 3.27. The summed E-state index contributed by atoms with van der Waals surface area (Å²) in [5, 5.41) is 8.50. The predicted octanol–water partition coefficient (Wildman–Crippen LogP) is 12.8. The standard InChI is InChI=1S/C49H31N3/c1-2-12-32(13-3-1)35-24-25-38-29-36(26-27-37(38)28-35)34-17-10-18-40(30-34)47-50-48(45-23-11-16-33-14-4-6-19-41(33)45)52-49(51-47)46-31-39-15-5-7-20-42(39)43-21-8-9-22-44(43)46/h1-31H/i1D,2D,3D,12D,13D. The second-order valence-corrected chi connectivity index (χ2v) is 12.9. The first-order chi connectivity index (χ1) is 27.8. The van der Waals surface area contributed by atoms with E-state index in [1.807, 2.05) is 60.7 Å². The normalized spacial score (nSPS) is 12.8. The average molecular weight is 667 g/mol. The Bertz CT molecular complexity index is 3240. The summed E-state index contributed by atoms with van der Waals surface area (Å²) in [4.78, 5) is 15.6. The van der Waals surface area contributed by atoms with Gasteiger partial charge >= 0.3 is 0 Å². The molecule has 242 valence electrons. The Morgan fingerprint density at radius 3 is 1.65 bits per heavy atom. The summed E-state index contributed by atoms with van der Waals surface area (Å²) in [5.41, 5.74) is 5.44. The number of fused-ring (bicyclic) bond motifs is 5. The minimum atomic E-state index is -0.401. The van der Waals surface area contributed by atoms with E-state index in [2.05, 4.69) is 97.1 Å². The molecule has 0 atom stereocenters. The lowest BCUT2D eigenvalue weighted by molar-refractivity contribution is 1.08. The van der Waals surface area contributed by atoms with Gasteiger partial charge in [-0.2, -0.15) is 0 Å². The van der Waals surface area contributed by atoms with Crippen LogP contribution in [-0.2, 0) is 0 Å². The zero-order chi connectivity index (χ0) is 38.8. The number of rotatable bonds is 5. The third kappa shape index (κ3) is 5.28. The van der Waals surface area contributed by atoms with Crippen molar-refractivity contribution >= 4 is 43.1 Å². The highest BCUT2D eigenvalue weighted by molar-refractivity contribution is 6.13. The highest BCUT2D eigenvalue weighted by atomic mass is 15.0. The molecule has 52 heavy (non-hydrogen) atoms. The highest BCUT2D eigenvalue weighted by Crippen LogP contribution is 2.37. The molecule has 0 saturated carbocycles. The van der Waals surface area contributed by atoms with Gasteiger partial charge in [-0.1, -0.05) is 164 Å². The van der Waals surface area contributed by atoms with Crippen LogP contribution in [0.15, 0.2) is 188 Å². The van der Waals surface area contributed by atoms with E-state index in [1.54, 1.807) is 0 Å². The third-order valence-electron chi connectivity index (χ3n) is 9.76. The van der Waals surface area contributed by atoms with Crippen LogP contribution in [0.4, 0.5) is 0 Å². The van der Waals surface area contributed by atoms with Crippen LogP contribution in [0, 0.1) is 0 Å². The van der Waals surface area contributed by atoms with Crippen LogP contribution in [0.5, 0.6) is 0 Å². The molecule has 0 unspecified atom stereocenters. The molecule has 0 saturated heterocycles. The van der Waals surface area contributed by atoms with Crippen molar-refractivity contribution < 1.29 is 6.85 Å². The summed E-state index contributed by atoms with van der Waals surface area (Å²) in [6.45, 7) is 0. The van der Waals surface area contributed by atoms with E-state index < -0.39 is 6.04 Å². The maximum Gasteiger partial charge on any atom is 0.164 e. The molecule has 3 heteroatoms. The van der Waals surface area contributed by atoms with Crippen molar-refractivity contribution in [2.75, 3.05) is 0 Å². The molecule has 0 aliphatic rings. The Morgan fingerprint density at radius 1 is 0.308 bits per heavy atom. The van der Waals surface area contributed by atoms with E-state index >= 15 is 0 Å². The molecule has 0 amide bonds. The quantitative estimate of drug-likeness (QED) is 0.172. The molecule has 0 radical (unpaired) electrons. The molecule has 9 aromatic carbocycles. The van der Waals surface area contributed by atoms with E-state index in [1.165, 1.54) is 5.39 Å². The van der Waals surface area contributed by atoms with E-state index in [4.69, 9.17) is 21.8 Å². The fraction of sp³-hybridized carbons (Fsp3) is 0. The SMILES string of the molecule is [2H]c1c([2H])c([2H])c(-c2ccc3cc(-c4cccc(-c5nc(-c6cccc7ccccc67)nc(-c6cc7ccccc7c7ccccc67)n5)c4)ccc3c2)c([2H])c1[2H]. The molecule has 0 aliphatic heterocycles. The molecule has 1 heterocycles. The van der Waals surface area contributed by atoms with Crippen LogP contribution in [-0.4, -0.2) is 15.0 Å². The molecule has 10 rings (SSSR count). The first-order valence-electron chi connectivity index (χ1n) is 19.7. The van der Waals surface area contributed by atoms with Gasteiger partial charge < -0.3 is 0 Å². The van der Waals surface area contributed by atoms with Gasteiger partial charge in [-0.15, -0.1) is 0 Å². The Hall–Kier alpha value is -6.97. The fourth-order valence-corrected chi connectivity index (χ4v) is 7.22. The second kappa shape index (κ2) is 12.4. The van der Waals surface area contributed by atoms with Gasteiger partial charge in [0.25, 0.3) is 0 Å². The van der Waals surface area contributed by atoms with E-state index in [-0.39, 0.29) is 29.7 Å². The summed E-state index contributed by atoms with van der Waals surface area (Å²) in [5.74, 6) is 1.75. The molecule has 1 aromatic heterocycles. The number of aromatic nitrogens is 3. The number of hydrogen-bond acceptors (Lipinski definition) is 3. The highest BCUT2D eigenvalue weighted by Gasteiger charge is 2.17. The van der Waals surface area contributed by atoms with Crippen LogP contribution in [0.1, 0.15) is 6.85 Å². The van der Waals surface area contributed by atoms with Gasteiger partial charge in [0.2, 0.25) is 0 Å². The van der Waals surface area contributed by atoms with Gasteiger partial charge in [-0.05, 0) is 89.6 Å². The molecule has 0 fully saturated rings. The lowest BCUT2D eigenvalue weighted by Crippen LogP contribution is -2.01. The molecular formula is C49H31N3. The molecule has 0 bridgehead atoms. The summed E-state index contributed by atoms with van der Waals surface area (Å²) >= 11 is 0. The number of hydrogen-bond donors (Lipinski definition) is 0. The summed E-state index contributed by atoms with van der Waals surface area (Å²) in [6.07, 6.45) is 0. The van der Waals surface area contributed by atoms with Crippen LogP contribution in [0.3, 0.4) is 0 Å². The van der Waals surface area contributed by atoms with Crippen LogP contribution >= 0.6 is 0 Å². The third-order valence-corrected chi connectivity index (χ3v) is 9.76. The smallest absolute Gasteiger partial charge is 0.164 e. The van der Waals surface area contributed by atoms with Crippen LogP contribution in [0.2, 0.25) is 0 Å². The fourth-order valence-electron chi connectivity index (χ4n) is 7.22. The largest absolute Gasteiger partial charge is 0.208 e. The van der Waals surface area contributed by atoms with Crippen molar-refractivity contribution in [3.8, 4) is 56.4 Å². The topological polar surface area (TPSA) is 38.7 Å². The van der Waals surface area contributed by atoms with Crippen molar-refractivity contribution in [3.63, 3.8) is 0 Å². The lowest BCUT2D eigenvalue weighted by atomic mass is 9.96. The van der Waals surface area contributed by atoms with Crippen molar-refractivity contribution in [2.45, 2.75) is 0 Å². The van der Waals surface area contributed by atoms with E-state index in [0.717, 1.165) is 65.5 Å². The molecule has 0 aliphatic carbocycles. The number of nitrogens with zero attached hydrogens (tertiary/aromatic N) is 3. The van der Waals surface area contributed by atoms with Gasteiger partial charge in [0.15, 0.2) is 17.5 Å². The molecular weight excluding hydrogens is 631 g/mol. The Kier molecular flexibility index (Phi) is 5.98. The van der Waals surface area contributed by atoms with Gasteiger partial charge in [-0.3, -0.25) is 0 Å². The first kappa shape index (κ1) is 25.1. The maximum atomic E-state index is 8.46. The Labute approximate surface area is 308 Å². The van der Waals surface area contributed by atoms with Crippen molar-refractivity contribution in [3.05, 3.63) is 188 Å². The van der Waals surface area contributed by atoms with Crippen molar-refractivity contribution in [1.29, 1.82) is 0 Å². The van der Waals surface area contributed by atoms with Crippen molar-refractivity contribution in [2.24, 2.45) is 0 Å². The first-order valence-corrected chi connectivity index (χ1v) is 17.2. The zero-order valence-electron chi connectivity index (χ0n) is 32.9. The Balaban J connectivity index is 1.11. The summed E-state index contributed by atoms with van der Waals surface area (Å²) in [7, 11) is 0. The predicted molar refractivity (Wildman–Crippen MR) is 217 cm³/mol. The number of benzene rings is 9. The van der Waals surface area contributed by atoms with E-state index in [0.29, 0.717) is 23.0 Å². The monoisotopic (exact) mass is 666 g/mol. The molecule has 0 N–H and O–H groups in total. The van der Waals surface area contributed by atoms with Gasteiger partial charge in [0, 0.05) is 16.7 Å². The Morgan fingerprint density at radius 2 is 0.865 bits per heavy atom. The molecule has 3 nitrogen and oxygen atoms in total. The molecule has 10 aromatic rings. The van der Waals surface area contributed by atoms with E-state index in [9.17, 15) is 0 Å². The minimum absolute atomic E-state index is 0.191. The zero-order valence-corrected chi connectivity index (χ0v) is 27.9. The van der Waals surface area contributed by atoms with Crippen LogP contribution < -0.4 is 0 Å². The summed E-state index contributed by atoms with van der Waals surface area (Å²) in [6, 6.07) is 51.9. The van der Waals surface area contributed by atoms with Gasteiger partial charge in [0.05, 0.1) is 6.85 Å². The second-order valence-electron chi connectivity index (χ2n) is 12.9. The van der Waals surface area contributed by atoms with Gasteiger partial charge in [-0.25, -0.2) is 15.0 Å². The molecule has 0 spiro atoms. The van der Waals surface area contributed by atoms with Crippen LogP contribution in [0.25, 0.3) is 99.5 Å². The van der Waals surface area contributed by atoms with Crippen molar-refractivity contribution in [1.82, 2.24) is 15.0 Å².